The monoisotopic (exact) mass is 458 g/mol. The minimum Gasteiger partial charge on any atom is -0.406 e. The summed E-state index contributed by atoms with van der Waals surface area (Å²) in [5, 5.41) is 2.76. The van der Waals surface area contributed by atoms with E-state index in [0.29, 0.717) is 25.2 Å². The first-order valence-electron chi connectivity index (χ1n) is 10.0. The molecule has 4 nitrogen and oxygen atoms in total. The van der Waals surface area contributed by atoms with Gasteiger partial charge in [-0.05, 0) is 47.2 Å². The van der Waals surface area contributed by atoms with Crippen LogP contribution in [0.4, 0.5) is 26.3 Å². The molecule has 1 aliphatic heterocycles. The number of halogens is 6. The highest BCUT2D eigenvalue weighted by molar-refractivity contribution is 5.82. The second kappa shape index (κ2) is 8.31. The van der Waals surface area contributed by atoms with Crippen molar-refractivity contribution in [3.63, 3.8) is 0 Å². The Labute approximate surface area is 180 Å². The number of alkyl halides is 6. The maximum atomic E-state index is 12.7. The van der Waals surface area contributed by atoms with E-state index in [4.69, 9.17) is 0 Å². The van der Waals surface area contributed by atoms with E-state index in [1.807, 2.05) is 0 Å². The molecule has 2 aromatic carbocycles. The topological polar surface area (TPSA) is 41.6 Å². The molecular formula is C22H20F6N2O2. The Morgan fingerprint density at radius 1 is 0.969 bits per heavy atom. The number of carbonyl (C=O) groups is 1. The summed E-state index contributed by atoms with van der Waals surface area (Å²) in [6.07, 6.45) is -9.14. The van der Waals surface area contributed by atoms with E-state index in [1.54, 1.807) is 6.07 Å². The molecule has 0 bridgehead atoms. The van der Waals surface area contributed by atoms with Crippen LogP contribution in [-0.4, -0.2) is 30.3 Å². The third-order valence-corrected chi connectivity index (χ3v) is 5.86. The largest absolute Gasteiger partial charge is 0.573 e. The fourth-order valence-corrected chi connectivity index (χ4v) is 4.35. The average Bonchev–Trinajstić information content (AvgIpc) is 3.20. The molecule has 2 aromatic rings. The molecule has 1 saturated carbocycles. The van der Waals surface area contributed by atoms with Crippen LogP contribution in [0.15, 0.2) is 48.5 Å². The lowest BCUT2D eigenvalue weighted by Crippen LogP contribution is -2.31. The molecule has 10 heteroatoms. The minimum absolute atomic E-state index is 0.0963. The van der Waals surface area contributed by atoms with Crippen LogP contribution < -0.4 is 10.1 Å². The number of carbonyl (C=O) groups excluding carboxylic acids is 1. The van der Waals surface area contributed by atoms with Gasteiger partial charge in [-0.15, -0.1) is 13.2 Å². The molecule has 1 amide bonds. The summed E-state index contributed by atoms with van der Waals surface area (Å²) < 4.78 is 78.8. The van der Waals surface area contributed by atoms with Crippen LogP contribution in [0.25, 0.3) is 0 Å². The molecule has 0 spiro atoms. The Bertz CT molecular complexity index is 962. The van der Waals surface area contributed by atoms with E-state index in [2.05, 4.69) is 15.0 Å². The first-order valence-corrected chi connectivity index (χ1v) is 10.0. The molecule has 1 saturated heterocycles. The Morgan fingerprint density at radius 2 is 1.62 bits per heavy atom. The highest BCUT2D eigenvalue weighted by Crippen LogP contribution is 2.52. The van der Waals surface area contributed by atoms with Crippen LogP contribution in [0.1, 0.15) is 16.7 Å². The predicted octanol–water partition coefficient (Wildman–Crippen LogP) is 4.60. The van der Waals surface area contributed by atoms with E-state index >= 15 is 0 Å². The van der Waals surface area contributed by atoms with Crippen molar-refractivity contribution in [1.82, 2.24) is 10.2 Å². The average molecular weight is 458 g/mol. The summed E-state index contributed by atoms with van der Waals surface area (Å²) in [6.45, 7) is 1.97. The number of likely N-dealkylation sites (tertiary alicyclic amines) is 1. The maximum Gasteiger partial charge on any atom is 0.573 e. The van der Waals surface area contributed by atoms with Crippen molar-refractivity contribution in [1.29, 1.82) is 0 Å². The number of fused-ring (bicyclic) bond motifs is 1. The predicted molar refractivity (Wildman–Crippen MR) is 102 cm³/mol. The van der Waals surface area contributed by atoms with Crippen LogP contribution in [0, 0.1) is 17.8 Å². The number of ether oxygens (including phenoxy) is 1. The van der Waals surface area contributed by atoms with E-state index in [9.17, 15) is 31.1 Å². The number of benzene rings is 2. The van der Waals surface area contributed by atoms with Crippen molar-refractivity contribution in [2.24, 2.45) is 17.8 Å². The van der Waals surface area contributed by atoms with E-state index < -0.39 is 18.1 Å². The zero-order chi connectivity index (χ0) is 23.1. The molecule has 1 N–H and O–H groups in total. The van der Waals surface area contributed by atoms with Gasteiger partial charge in [0.25, 0.3) is 0 Å². The normalized spacial score (nSPS) is 23.0. The SMILES string of the molecule is O=C(NCc1cccc(OC(F)(F)F)c1)C1C2CN(Cc3ccc(C(F)(F)F)cc3)CC21. The molecule has 1 heterocycles. The molecular weight excluding hydrogens is 438 g/mol. The van der Waals surface area contributed by atoms with Gasteiger partial charge >= 0.3 is 12.5 Å². The van der Waals surface area contributed by atoms with Gasteiger partial charge in [0.05, 0.1) is 5.56 Å². The third kappa shape index (κ3) is 5.35. The number of hydrogen-bond donors (Lipinski definition) is 1. The minimum atomic E-state index is -4.78. The smallest absolute Gasteiger partial charge is 0.406 e. The van der Waals surface area contributed by atoms with Crippen LogP contribution in [0.5, 0.6) is 5.75 Å². The van der Waals surface area contributed by atoms with Crippen molar-refractivity contribution in [3.05, 3.63) is 65.2 Å². The van der Waals surface area contributed by atoms with Gasteiger partial charge in [0.15, 0.2) is 0 Å². The summed E-state index contributed by atoms with van der Waals surface area (Å²) in [7, 11) is 0. The Balaban J connectivity index is 1.23. The number of nitrogens with zero attached hydrogens (tertiary/aromatic N) is 1. The summed E-state index contributed by atoms with van der Waals surface area (Å²) in [5.74, 6) is -0.259. The van der Waals surface area contributed by atoms with Gasteiger partial charge in [-0.25, -0.2) is 0 Å². The van der Waals surface area contributed by atoms with Gasteiger partial charge in [0.1, 0.15) is 5.75 Å². The van der Waals surface area contributed by atoms with Crippen LogP contribution in [0.2, 0.25) is 0 Å². The quantitative estimate of drug-likeness (QED) is 0.644. The van der Waals surface area contributed by atoms with E-state index in [1.165, 1.54) is 30.3 Å². The van der Waals surface area contributed by atoms with Crippen LogP contribution in [-0.2, 0) is 24.1 Å². The highest BCUT2D eigenvalue weighted by Gasteiger charge is 2.59. The van der Waals surface area contributed by atoms with Crippen molar-refractivity contribution in [3.8, 4) is 5.75 Å². The van der Waals surface area contributed by atoms with Gasteiger partial charge < -0.3 is 10.1 Å². The van der Waals surface area contributed by atoms with Gasteiger partial charge in [-0.3, -0.25) is 9.69 Å². The standard InChI is InChI=1S/C22H20F6N2O2/c23-21(24,25)15-6-4-13(5-7-15)10-30-11-17-18(12-30)19(17)20(31)29-9-14-2-1-3-16(8-14)32-22(26,27)28/h1-8,17-19H,9-12H2,(H,29,31). The molecule has 172 valence electrons. The van der Waals surface area contributed by atoms with Gasteiger partial charge in [-0.2, -0.15) is 13.2 Å². The summed E-state index contributed by atoms with van der Waals surface area (Å²) in [4.78, 5) is 14.6. The van der Waals surface area contributed by atoms with Crippen molar-refractivity contribution in [2.75, 3.05) is 13.1 Å². The maximum absolute atomic E-state index is 12.7. The Morgan fingerprint density at radius 3 is 2.22 bits per heavy atom. The lowest BCUT2D eigenvalue weighted by Gasteiger charge is -2.19. The second-order valence-corrected chi connectivity index (χ2v) is 8.16. The van der Waals surface area contributed by atoms with E-state index in [-0.39, 0.29) is 36.0 Å². The first kappa shape index (κ1) is 22.4. The highest BCUT2D eigenvalue weighted by atomic mass is 19.4. The number of amides is 1. The van der Waals surface area contributed by atoms with Crippen LogP contribution >= 0.6 is 0 Å². The Kier molecular flexibility index (Phi) is 5.83. The van der Waals surface area contributed by atoms with Crippen LogP contribution in [0.3, 0.4) is 0 Å². The van der Waals surface area contributed by atoms with Gasteiger partial charge in [-0.1, -0.05) is 24.3 Å². The lowest BCUT2D eigenvalue weighted by molar-refractivity contribution is -0.274. The molecule has 32 heavy (non-hydrogen) atoms. The first-order chi connectivity index (χ1) is 15.0. The van der Waals surface area contributed by atoms with Crippen molar-refractivity contribution >= 4 is 5.91 Å². The molecule has 2 aliphatic rings. The molecule has 4 rings (SSSR count). The number of nitrogens with one attached hydrogen (secondary N) is 1. The summed E-state index contributed by atoms with van der Waals surface area (Å²) >= 11 is 0. The molecule has 2 unspecified atom stereocenters. The molecule has 1 aliphatic carbocycles. The van der Waals surface area contributed by atoms with E-state index in [0.717, 1.165) is 17.7 Å². The third-order valence-electron chi connectivity index (χ3n) is 5.86. The molecule has 2 atom stereocenters. The summed E-state index contributed by atoms with van der Waals surface area (Å²) in [6, 6.07) is 10.5. The van der Waals surface area contributed by atoms with Crippen molar-refractivity contribution in [2.45, 2.75) is 25.6 Å². The molecule has 0 radical (unpaired) electrons. The molecule has 0 aromatic heterocycles. The Hall–Kier alpha value is -2.75. The zero-order valence-corrected chi connectivity index (χ0v) is 16.7. The summed E-state index contributed by atoms with van der Waals surface area (Å²) in [5.41, 5.74) is 0.592. The number of piperidine rings is 1. The van der Waals surface area contributed by atoms with Gasteiger partial charge in [0, 0.05) is 32.1 Å². The molecule has 2 fully saturated rings. The van der Waals surface area contributed by atoms with Crippen molar-refractivity contribution < 1.29 is 35.9 Å². The fraction of sp³-hybridized carbons (Fsp3) is 0.409. The lowest BCUT2D eigenvalue weighted by atomic mass is 10.1. The van der Waals surface area contributed by atoms with Gasteiger partial charge in [0.2, 0.25) is 5.91 Å². The second-order valence-electron chi connectivity index (χ2n) is 8.16. The number of rotatable bonds is 6. The zero-order valence-electron chi connectivity index (χ0n) is 16.7. The number of hydrogen-bond acceptors (Lipinski definition) is 3. The fourth-order valence-electron chi connectivity index (χ4n) is 4.35.